The molecule has 2 atom stereocenters. The van der Waals surface area contributed by atoms with Gasteiger partial charge in [-0.15, -0.1) is 12.4 Å². The third-order valence-electron chi connectivity index (χ3n) is 6.31. The highest BCUT2D eigenvalue weighted by atomic mass is 35.5. The van der Waals surface area contributed by atoms with E-state index in [2.05, 4.69) is 5.32 Å². The number of Topliss-reactive ketones (excluding diaryl/α,β-unsaturated/α-hetero) is 1. The van der Waals surface area contributed by atoms with E-state index in [0.29, 0.717) is 30.4 Å². The number of hydrogen-bond acceptors (Lipinski definition) is 5. The van der Waals surface area contributed by atoms with E-state index in [1.165, 1.54) is 32.1 Å². The van der Waals surface area contributed by atoms with Crippen LogP contribution in [-0.4, -0.2) is 30.9 Å². The van der Waals surface area contributed by atoms with Crippen LogP contribution in [-0.2, 0) is 16.0 Å². The molecule has 0 unspecified atom stereocenters. The lowest BCUT2D eigenvalue weighted by atomic mass is 9.75. The molecular weight excluding hydrogens is 390 g/mol. The Hall–Kier alpha value is -1.85. The summed E-state index contributed by atoms with van der Waals surface area (Å²) in [6.45, 7) is 3.02. The minimum absolute atomic E-state index is 0. The fraction of sp³-hybridized carbons (Fsp3) is 0.565. The fourth-order valence-corrected chi connectivity index (χ4v) is 4.96. The molecule has 6 heteroatoms. The standard InChI is InChI=1S/C23H29NO4.ClH/c1-2-27-23(26)21-14-17-12-15(8-9-20(17)28-21)13-19(25)22-18(10-11-24-22)16-6-4-3-5-7-16;/h8-9,12,14,16,18,22,24H,2-7,10-11,13H2,1H3;1H/t18-,22-;/m0./s1. The number of nitrogens with one attached hydrogen (secondary N) is 1. The minimum Gasteiger partial charge on any atom is -0.460 e. The Balaban J connectivity index is 0.00000240. The van der Waals surface area contributed by atoms with Crippen molar-refractivity contribution in [3.05, 3.63) is 35.6 Å². The number of ketones is 1. The van der Waals surface area contributed by atoms with E-state index in [9.17, 15) is 9.59 Å². The zero-order valence-corrected chi connectivity index (χ0v) is 17.8. The molecule has 1 saturated carbocycles. The molecule has 0 bridgehead atoms. The first-order valence-electron chi connectivity index (χ1n) is 10.6. The highest BCUT2D eigenvalue weighted by Gasteiger charge is 2.37. The van der Waals surface area contributed by atoms with Crippen molar-refractivity contribution in [3.8, 4) is 0 Å². The van der Waals surface area contributed by atoms with Crippen LogP contribution in [0.3, 0.4) is 0 Å². The summed E-state index contributed by atoms with van der Waals surface area (Å²) in [6, 6.07) is 7.38. The largest absolute Gasteiger partial charge is 0.460 e. The van der Waals surface area contributed by atoms with Gasteiger partial charge in [-0.1, -0.05) is 38.2 Å². The molecule has 1 aliphatic carbocycles. The zero-order chi connectivity index (χ0) is 19.5. The van der Waals surface area contributed by atoms with Crippen molar-refractivity contribution in [1.29, 1.82) is 0 Å². The van der Waals surface area contributed by atoms with Crippen molar-refractivity contribution in [1.82, 2.24) is 5.32 Å². The number of carbonyl (C=O) groups excluding carboxylic acids is 2. The topological polar surface area (TPSA) is 68.5 Å². The Bertz CT molecular complexity index is 856. The third-order valence-corrected chi connectivity index (χ3v) is 6.31. The minimum atomic E-state index is -0.457. The lowest BCUT2D eigenvalue weighted by Gasteiger charge is -2.30. The molecule has 0 radical (unpaired) electrons. The average molecular weight is 420 g/mol. The SMILES string of the molecule is CCOC(=O)c1cc2cc(CC(=O)[C@H]3NCC[C@H]3C3CCCCC3)ccc2o1.Cl. The van der Waals surface area contributed by atoms with Crippen LogP contribution >= 0.6 is 12.4 Å². The summed E-state index contributed by atoms with van der Waals surface area (Å²) in [5.41, 5.74) is 1.60. The number of esters is 1. The maximum Gasteiger partial charge on any atom is 0.374 e. The van der Waals surface area contributed by atoms with E-state index in [1.807, 2.05) is 18.2 Å². The molecule has 1 N–H and O–H groups in total. The van der Waals surface area contributed by atoms with Crippen molar-refractivity contribution in [2.24, 2.45) is 11.8 Å². The van der Waals surface area contributed by atoms with Crippen LogP contribution in [0.15, 0.2) is 28.7 Å². The molecule has 2 aromatic rings. The molecule has 5 nitrogen and oxygen atoms in total. The van der Waals surface area contributed by atoms with Crippen molar-refractivity contribution in [2.45, 2.75) is 57.9 Å². The third kappa shape index (κ3) is 4.84. The van der Waals surface area contributed by atoms with Gasteiger partial charge in [0, 0.05) is 11.8 Å². The molecule has 2 aliphatic rings. The Morgan fingerprint density at radius 3 is 2.69 bits per heavy atom. The van der Waals surface area contributed by atoms with Crippen LogP contribution in [0.25, 0.3) is 11.0 Å². The zero-order valence-electron chi connectivity index (χ0n) is 16.9. The smallest absolute Gasteiger partial charge is 0.374 e. The number of carbonyl (C=O) groups is 2. The first-order chi connectivity index (χ1) is 13.7. The number of hydrogen-bond donors (Lipinski definition) is 1. The normalized spacial score (nSPS) is 22.4. The molecule has 1 aliphatic heterocycles. The lowest BCUT2D eigenvalue weighted by Crippen LogP contribution is -2.40. The second-order valence-corrected chi connectivity index (χ2v) is 8.13. The predicted molar refractivity (Wildman–Crippen MR) is 115 cm³/mol. The van der Waals surface area contributed by atoms with Gasteiger partial charge in [0.25, 0.3) is 0 Å². The number of halogens is 1. The molecule has 0 spiro atoms. The number of ether oxygens (including phenoxy) is 1. The summed E-state index contributed by atoms with van der Waals surface area (Å²) < 4.78 is 10.6. The van der Waals surface area contributed by atoms with Gasteiger partial charge in [-0.25, -0.2) is 4.79 Å². The number of furan rings is 1. The molecule has 1 aromatic heterocycles. The second kappa shape index (κ2) is 9.77. The summed E-state index contributed by atoms with van der Waals surface area (Å²) in [5, 5.41) is 4.30. The van der Waals surface area contributed by atoms with E-state index < -0.39 is 5.97 Å². The molecule has 2 fully saturated rings. The van der Waals surface area contributed by atoms with Crippen molar-refractivity contribution < 1.29 is 18.7 Å². The van der Waals surface area contributed by atoms with Crippen LogP contribution in [0, 0.1) is 11.8 Å². The molecule has 4 rings (SSSR count). The van der Waals surface area contributed by atoms with Crippen LogP contribution in [0.5, 0.6) is 0 Å². The van der Waals surface area contributed by atoms with Gasteiger partial charge in [-0.05, 0) is 55.5 Å². The molecule has 158 valence electrons. The summed E-state index contributed by atoms with van der Waals surface area (Å²) in [7, 11) is 0. The number of benzene rings is 1. The molecule has 1 saturated heterocycles. The predicted octanol–water partition coefficient (Wildman–Crippen LogP) is 4.70. The van der Waals surface area contributed by atoms with Gasteiger partial charge >= 0.3 is 5.97 Å². The summed E-state index contributed by atoms with van der Waals surface area (Å²) in [5.74, 6) is 1.21. The van der Waals surface area contributed by atoms with E-state index >= 15 is 0 Å². The molecular formula is C23H30ClNO4. The van der Waals surface area contributed by atoms with Crippen molar-refractivity contribution >= 4 is 35.1 Å². The Morgan fingerprint density at radius 1 is 1.14 bits per heavy atom. The van der Waals surface area contributed by atoms with Gasteiger partial charge in [0.15, 0.2) is 5.78 Å². The first-order valence-corrected chi connectivity index (χ1v) is 10.6. The molecule has 0 amide bonds. The lowest BCUT2D eigenvalue weighted by molar-refractivity contribution is -0.121. The monoisotopic (exact) mass is 419 g/mol. The highest BCUT2D eigenvalue weighted by molar-refractivity contribution is 5.93. The van der Waals surface area contributed by atoms with Gasteiger partial charge in [0.1, 0.15) is 5.58 Å². The maximum absolute atomic E-state index is 13.0. The quantitative estimate of drug-likeness (QED) is 0.687. The van der Waals surface area contributed by atoms with E-state index in [1.54, 1.807) is 13.0 Å². The van der Waals surface area contributed by atoms with Crippen molar-refractivity contribution in [3.63, 3.8) is 0 Å². The highest BCUT2D eigenvalue weighted by Crippen LogP contribution is 2.36. The van der Waals surface area contributed by atoms with Gasteiger partial charge in [-0.2, -0.15) is 0 Å². The fourth-order valence-electron chi connectivity index (χ4n) is 4.96. The van der Waals surface area contributed by atoms with Crippen LogP contribution in [0.4, 0.5) is 0 Å². The number of fused-ring (bicyclic) bond motifs is 1. The van der Waals surface area contributed by atoms with Crippen LogP contribution < -0.4 is 5.32 Å². The van der Waals surface area contributed by atoms with Gasteiger partial charge in [0.05, 0.1) is 12.6 Å². The summed E-state index contributed by atoms with van der Waals surface area (Å²) in [6.07, 6.45) is 8.03. The Kier molecular flexibility index (Phi) is 7.36. The maximum atomic E-state index is 13.0. The van der Waals surface area contributed by atoms with Gasteiger partial charge < -0.3 is 14.5 Å². The first kappa shape index (κ1) is 21.8. The van der Waals surface area contributed by atoms with E-state index in [-0.39, 0.29) is 30.0 Å². The second-order valence-electron chi connectivity index (χ2n) is 8.13. The van der Waals surface area contributed by atoms with Crippen LogP contribution in [0.1, 0.15) is 61.6 Å². The summed E-state index contributed by atoms with van der Waals surface area (Å²) >= 11 is 0. The Labute approximate surface area is 178 Å². The molecule has 2 heterocycles. The summed E-state index contributed by atoms with van der Waals surface area (Å²) in [4.78, 5) is 24.9. The average Bonchev–Trinajstić information content (AvgIpc) is 3.36. The molecule has 29 heavy (non-hydrogen) atoms. The van der Waals surface area contributed by atoms with Gasteiger partial charge in [0.2, 0.25) is 5.76 Å². The molecule has 1 aromatic carbocycles. The Morgan fingerprint density at radius 2 is 1.93 bits per heavy atom. The van der Waals surface area contributed by atoms with Gasteiger partial charge in [-0.3, -0.25) is 4.79 Å². The van der Waals surface area contributed by atoms with Crippen LogP contribution in [0.2, 0.25) is 0 Å². The van der Waals surface area contributed by atoms with E-state index in [0.717, 1.165) is 23.9 Å². The number of rotatable bonds is 6. The van der Waals surface area contributed by atoms with Crippen molar-refractivity contribution in [2.75, 3.05) is 13.2 Å². The van der Waals surface area contributed by atoms with E-state index in [4.69, 9.17) is 9.15 Å².